The summed E-state index contributed by atoms with van der Waals surface area (Å²) >= 11 is 0. The number of rotatable bonds is 8. The van der Waals surface area contributed by atoms with Gasteiger partial charge in [-0.05, 0) is 38.0 Å². The molecule has 2 fully saturated rings. The molecular weight excluding hydrogens is 287 g/mol. The molecule has 2 aliphatic carbocycles. The molecule has 0 amide bonds. The number of allylic oxidation sites excluding steroid dienone is 1. The van der Waals surface area contributed by atoms with Gasteiger partial charge in [0.25, 0.3) is 0 Å². The Hall–Kier alpha value is -0.600. The molecule has 0 aliphatic heterocycles. The minimum atomic E-state index is -2.30. The molecule has 0 heterocycles. The molecule has 4 nitrogen and oxygen atoms in total. The molecule has 1 N–H and O–H groups in total. The molecule has 0 bridgehead atoms. The predicted octanol–water partition coefficient (Wildman–Crippen LogP) is 4.26. The van der Waals surface area contributed by atoms with E-state index < -0.39 is 14.0 Å². The highest BCUT2D eigenvalue weighted by atomic mass is 31.1. The van der Waals surface area contributed by atoms with Gasteiger partial charge in [-0.25, -0.2) is 4.79 Å². The van der Waals surface area contributed by atoms with Crippen LogP contribution < -0.4 is 0 Å². The molecule has 120 valence electrons. The van der Waals surface area contributed by atoms with Gasteiger partial charge in [0.05, 0.1) is 12.3 Å². The van der Waals surface area contributed by atoms with Crippen LogP contribution in [0.15, 0.2) is 11.6 Å². The maximum Gasteiger partial charge on any atom is 0.331 e. The highest BCUT2D eigenvalue weighted by Crippen LogP contribution is 2.36. The lowest BCUT2D eigenvalue weighted by atomic mass is 9.86. The van der Waals surface area contributed by atoms with E-state index in [9.17, 15) is 9.36 Å². The number of carboxylic acid groups (broad SMARTS) is 1. The Morgan fingerprint density at radius 1 is 1.29 bits per heavy atom. The van der Waals surface area contributed by atoms with Gasteiger partial charge in [-0.1, -0.05) is 38.2 Å². The monoisotopic (exact) mass is 314 g/mol. The molecular formula is C16H27O4P. The van der Waals surface area contributed by atoms with Crippen molar-refractivity contribution in [1.29, 1.82) is 0 Å². The molecule has 0 aromatic rings. The van der Waals surface area contributed by atoms with Crippen LogP contribution in [0.1, 0.15) is 58.3 Å². The third kappa shape index (κ3) is 6.36. The van der Waals surface area contributed by atoms with Crippen molar-refractivity contribution >= 4 is 14.0 Å². The second-order valence-corrected chi connectivity index (χ2v) is 7.88. The van der Waals surface area contributed by atoms with E-state index in [2.05, 4.69) is 0 Å². The van der Waals surface area contributed by atoms with E-state index in [1.165, 1.54) is 32.1 Å². The van der Waals surface area contributed by atoms with Gasteiger partial charge in [0.15, 0.2) is 8.03 Å². The molecule has 0 radical (unpaired) electrons. The number of aliphatic carboxylic acids is 1. The highest BCUT2D eigenvalue weighted by Gasteiger charge is 2.23. The number of hydrogen-bond acceptors (Lipinski definition) is 3. The summed E-state index contributed by atoms with van der Waals surface area (Å²) < 4.78 is 17.6. The SMILES string of the molecule is CC(CC1CCCCC1)O[PH](=O)CC(=CC1CC1)C(=O)O. The molecule has 2 rings (SSSR count). The number of carbonyl (C=O) groups is 1. The van der Waals surface area contributed by atoms with E-state index in [0.717, 1.165) is 19.3 Å². The van der Waals surface area contributed by atoms with E-state index in [1.807, 2.05) is 6.92 Å². The largest absolute Gasteiger partial charge is 0.478 e. The lowest BCUT2D eigenvalue weighted by molar-refractivity contribution is -0.132. The summed E-state index contributed by atoms with van der Waals surface area (Å²) in [4.78, 5) is 11.2. The smallest absolute Gasteiger partial charge is 0.331 e. The first-order valence-corrected chi connectivity index (χ1v) is 9.70. The van der Waals surface area contributed by atoms with Crippen molar-refractivity contribution in [2.75, 3.05) is 6.16 Å². The van der Waals surface area contributed by atoms with E-state index in [1.54, 1.807) is 6.08 Å². The van der Waals surface area contributed by atoms with Crippen molar-refractivity contribution in [3.8, 4) is 0 Å². The first kappa shape index (κ1) is 16.8. The van der Waals surface area contributed by atoms with Gasteiger partial charge < -0.3 is 9.63 Å². The van der Waals surface area contributed by atoms with Gasteiger partial charge in [0, 0.05) is 5.57 Å². The Morgan fingerprint density at radius 3 is 2.52 bits per heavy atom. The Bertz CT molecular complexity index is 409. The van der Waals surface area contributed by atoms with Crippen molar-refractivity contribution in [3.63, 3.8) is 0 Å². The molecule has 2 saturated carbocycles. The topological polar surface area (TPSA) is 63.6 Å². The summed E-state index contributed by atoms with van der Waals surface area (Å²) in [6.45, 7) is 1.96. The van der Waals surface area contributed by atoms with Crippen molar-refractivity contribution in [1.82, 2.24) is 0 Å². The maximum absolute atomic E-state index is 12.1. The second-order valence-electron chi connectivity index (χ2n) is 6.55. The van der Waals surface area contributed by atoms with Crippen LogP contribution in [-0.2, 0) is 13.9 Å². The zero-order chi connectivity index (χ0) is 15.2. The standard InChI is InChI=1S/C16H27O4P/c1-12(9-13-5-3-2-4-6-13)20-21(19)11-15(16(17)18)10-14-7-8-14/h10,12-14,21H,2-9,11H2,1H3,(H,17,18). The fourth-order valence-corrected chi connectivity index (χ4v) is 4.32. The van der Waals surface area contributed by atoms with Crippen LogP contribution in [0.5, 0.6) is 0 Å². The van der Waals surface area contributed by atoms with Crippen LogP contribution in [-0.4, -0.2) is 23.3 Å². The molecule has 0 aromatic carbocycles. The molecule has 0 saturated heterocycles. The minimum Gasteiger partial charge on any atom is -0.478 e. The summed E-state index contributed by atoms with van der Waals surface area (Å²) in [5.41, 5.74) is 0.270. The Morgan fingerprint density at radius 2 is 1.95 bits per heavy atom. The summed E-state index contributed by atoms with van der Waals surface area (Å²) in [6.07, 6.45) is 11.3. The fraction of sp³-hybridized carbons (Fsp3) is 0.812. The van der Waals surface area contributed by atoms with E-state index in [0.29, 0.717) is 11.8 Å². The van der Waals surface area contributed by atoms with Crippen LogP contribution in [0.2, 0.25) is 0 Å². The average molecular weight is 314 g/mol. The Balaban J connectivity index is 1.75. The Labute approximate surface area is 127 Å². The van der Waals surface area contributed by atoms with Crippen LogP contribution >= 0.6 is 8.03 Å². The summed E-state index contributed by atoms with van der Waals surface area (Å²) in [6, 6.07) is 0. The van der Waals surface area contributed by atoms with Crippen LogP contribution in [0.25, 0.3) is 0 Å². The Kier molecular flexibility index (Phi) is 6.50. The van der Waals surface area contributed by atoms with Crippen molar-refractivity contribution in [2.24, 2.45) is 11.8 Å². The summed E-state index contributed by atoms with van der Waals surface area (Å²) in [5, 5.41) is 9.15. The molecule has 2 aliphatic rings. The van der Waals surface area contributed by atoms with E-state index in [-0.39, 0.29) is 17.8 Å². The third-order valence-corrected chi connectivity index (χ3v) is 5.73. The average Bonchev–Trinajstić information content (AvgIpc) is 3.22. The van der Waals surface area contributed by atoms with E-state index >= 15 is 0 Å². The zero-order valence-electron chi connectivity index (χ0n) is 12.8. The van der Waals surface area contributed by atoms with Crippen LogP contribution in [0.4, 0.5) is 0 Å². The molecule has 0 spiro atoms. The van der Waals surface area contributed by atoms with Crippen molar-refractivity contribution in [3.05, 3.63) is 11.6 Å². The second kappa shape index (κ2) is 8.14. The lowest BCUT2D eigenvalue weighted by Gasteiger charge is -2.24. The maximum atomic E-state index is 12.1. The van der Waals surface area contributed by atoms with Gasteiger partial charge in [-0.15, -0.1) is 0 Å². The molecule has 2 atom stereocenters. The van der Waals surface area contributed by atoms with Gasteiger partial charge in [-0.3, -0.25) is 4.57 Å². The van der Waals surface area contributed by atoms with Crippen LogP contribution in [0.3, 0.4) is 0 Å². The highest BCUT2D eigenvalue weighted by molar-refractivity contribution is 7.39. The van der Waals surface area contributed by atoms with E-state index in [4.69, 9.17) is 9.63 Å². The van der Waals surface area contributed by atoms with Crippen molar-refractivity contribution < 1.29 is 19.0 Å². The zero-order valence-corrected chi connectivity index (χ0v) is 13.8. The number of hydrogen-bond donors (Lipinski definition) is 1. The molecule has 0 aromatic heterocycles. The first-order chi connectivity index (χ1) is 10.0. The normalized spacial score (nSPS) is 23.8. The van der Waals surface area contributed by atoms with Gasteiger partial charge in [0.1, 0.15) is 0 Å². The van der Waals surface area contributed by atoms with Gasteiger partial charge >= 0.3 is 5.97 Å². The third-order valence-electron chi connectivity index (χ3n) is 4.39. The minimum absolute atomic E-state index is 0.0320. The van der Waals surface area contributed by atoms with Crippen molar-refractivity contribution in [2.45, 2.75) is 64.4 Å². The summed E-state index contributed by atoms with van der Waals surface area (Å²) in [7, 11) is -2.30. The molecule has 5 heteroatoms. The first-order valence-electron chi connectivity index (χ1n) is 8.18. The van der Waals surface area contributed by atoms with Gasteiger partial charge in [0.2, 0.25) is 0 Å². The fourth-order valence-electron chi connectivity index (χ4n) is 3.12. The number of carboxylic acids is 1. The molecule has 21 heavy (non-hydrogen) atoms. The summed E-state index contributed by atoms with van der Waals surface area (Å²) in [5.74, 6) is 0.110. The van der Waals surface area contributed by atoms with Gasteiger partial charge in [-0.2, -0.15) is 0 Å². The lowest BCUT2D eigenvalue weighted by Crippen LogP contribution is -2.15. The quantitative estimate of drug-likeness (QED) is 0.537. The molecule has 2 unspecified atom stereocenters. The van der Waals surface area contributed by atoms with Crippen LogP contribution in [0, 0.1) is 11.8 Å². The predicted molar refractivity (Wildman–Crippen MR) is 84.1 cm³/mol.